The van der Waals surface area contributed by atoms with Gasteiger partial charge < -0.3 is 4.74 Å². The molecule has 0 fully saturated rings. The Morgan fingerprint density at radius 2 is 2.30 bits per heavy atom. The van der Waals surface area contributed by atoms with Crippen molar-refractivity contribution in [3.05, 3.63) is 24.3 Å². The molecule has 1 nitrogen and oxygen atoms in total. The first kappa shape index (κ1) is 7.13. The van der Waals surface area contributed by atoms with Crippen LogP contribution in [-0.2, 0) is 0 Å². The van der Waals surface area contributed by atoms with E-state index in [-0.39, 0.29) is 0 Å². The number of halogens is 1. The molecule has 0 aliphatic carbocycles. The van der Waals surface area contributed by atoms with Crippen molar-refractivity contribution in [2.75, 3.05) is 6.86 Å². The van der Waals surface area contributed by atoms with E-state index in [1.165, 1.54) is 0 Å². The van der Waals surface area contributed by atoms with Gasteiger partial charge in [0, 0.05) is 0 Å². The molecule has 3 heteroatoms. The lowest BCUT2D eigenvalue weighted by Crippen LogP contribution is -2.01. The van der Waals surface area contributed by atoms with Crippen LogP contribution in [0.2, 0.25) is 0 Å². The fourth-order valence-corrected chi connectivity index (χ4v) is 0.667. The molecule has 0 spiro atoms. The highest BCUT2D eigenvalue weighted by molar-refractivity contribution is 6.32. The first-order valence-corrected chi connectivity index (χ1v) is 2.87. The molecule has 0 N–H and O–H groups in total. The molecule has 0 amide bonds. The van der Waals surface area contributed by atoms with Gasteiger partial charge >= 0.3 is 0 Å². The Balaban J connectivity index is 2.75. The summed E-state index contributed by atoms with van der Waals surface area (Å²) < 4.78 is 16.1. The van der Waals surface area contributed by atoms with E-state index in [1.807, 2.05) is 0 Å². The quantitative estimate of drug-likeness (QED) is 0.546. The fraction of sp³-hybridized carbons (Fsp3) is 0.143. The van der Waals surface area contributed by atoms with Crippen LogP contribution in [0.3, 0.4) is 0 Å². The number of alkyl halides is 1. The van der Waals surface area contributed by atoms with Crippen LogP contribution in [0.4, 0.5) is 4.39 Å². The highest BCUT2D eigenvalue weighted by Crippen LogP contribution is 2.05. The van der Waals surface area contributed by atoms with Crippen LogP contribution < -0.4 is 10.2 Å². The molecule has 1 aromatic carbocycles. The van der Waals surface area contributed by atoms with E-state index in [1.54, 1.807) is 24.3 Å². The Kier molecular flexibility index (Phi) is 2.32. The Morgan fingerprint density at radius 1 is 1.50 bits per heavy atom. The summed E-state index contributed by atoms with van der Waals surface area (Å²) >= 11 is 0. The van der Waals surface area contributed by atoms with Gasteiger partial charge in [-0.3, -0.25) is 0 Å². The first-order chi connectivity index (χ1) is 4.83. The predicted molar refractivity (Wildman–Crippen MR) is 38.4 cm³/mol. The van der Waals surface area contributed by atoms with E-state index in [9.17, 15) is 4.39 Å². The third kappa shape index (κ3) is 1.76. The average molecular weight is 136 g/mol. The zero-order valence-electron chi connectivity index (χ0n) is 5.38. The molecule has 2 radical (unpaired) electrons. The van der Waals surface area contributed by atoms with Crippen molar-refractivity contribution in [2.24, 2.45) is 0 Å². The number of hydrogen-bond donors (Lipinski definition) is 0. The van der Waals surface area contributed by atoms with Gasteiger partial charge in [-0.1, -0.05) is 17.6 Å². The number of benzene rings is 1. The summed E-state index contributed by atoms with van der Waals surface area (Å²) in [6.45, 7) is -0.816. The summed E-state index contributed by atoms with van der Waals surface area (Å²) in [4.78, 5) is 0. The van der Waals surface area contributed by atoms with Crippen LogP contribution in [-0.4, -0.2) is 14.7 Å². The first-order valence-electron chi connectivity index (χ1n) is 2.87. The molecule has 0 saturated carbocycles. The summed E-state index contributed by atoms with van der Waals surface area (Å²) in [5.74, 6) is 0.461. The highest BCUT2D eigenvalue weighted by Gasteiger charge is 1.89. The van der Waals surface area contributed by atoms with Crippen molar-refractivity contribution >= 4 is 13.3 Å². The fourth-order valence-electron chi connectivity index (χ4n) is 0.667. The normalized spacial score (nSPS) is 9.30. The minimum absolute atomic E-state index is 0.461. The lowest BCUT2D eigenvalue weighted by Gasteiger charge is -2.00. The van der Waals surface area contributed by atoms with E-state index in [0.717, 1.165) is 0 Å². The van der Waals surface area contributed by atoms with Gasteiger partial charge in [-0.25, -0.2) is 4.39 Å². The Labute approximate surface area is 60.2 Å². The van der Waals surface area contributed by atoms with E-state index in [0.29, 0.717) is 11.2 Å². The van der Waals surface area contributed by atoms with Crippen molar-refractivity contribution in [1.29, 1.82) is 0 Å². The average Bonchev–Trinajstić information content (AvgIpc) is 1.88. The highest BCUT2D eigenvalue weighted by atomic mass is 19.1. The van der Waals surface area contributed by atoms with Gasteiger partial charge in [0.25, 0.3) is 0 Å². The van der Waals surface area contributed by atoms with Crippen molar-refractivity contribution in [2.45, 2.75) is 0 Å². The number of rotatable bonds is 2. The maximum absolute atomic E-state index is 11.5. The van der Waals surface area contributed by atoms with Gasteiger partial charge in [0.2, 0.25) is 6.86 Å². The van der Waals surface area contributed by atoms with Crippen molar-refractivity contribution < 1.29 is 9.13 Å². The Bertz CT molecular complexity index is 215. The van der Waals surface area contributed by atoms with Crippen LogP contribution in [0.5, 0.6) is 5.75 Å². The minimum Gasteiger partial charge on any atom is -0.463 e. The van der Waals surface area contributed by atoms with Gasteiger partial charge in [-0.15, -0.1) is 0 Å². The largest absolute Gasteiger partial charge is 0.463 e. The van der Waals surface area contributed by atoms with Crippen molar-refractivity contribution in [1.82, 2.24) is 0 Å². The van der Waals surface area contributed by atoms with Crippen molar-refractivity contribution in [3.63, 3.8) is 0 Å². The van der Waals surface area contributed by atoms with E-state index >= 15 is 0 Å². The third-order valence-corrected chi connectivity index (χ3v) is 1.08. The second-order valence-corrected chi connectivity index (χ2v) is 1.83. The lowest BCUT2D eigenvalue weighted by molar-refractivity contribution is 0.192. The molecule has 0 aliphatic rings. The van der Waals surface area contributed by atoms with Crippen LogP contribution in [0.15, 0.2) is 24.3 Å². The van der Waals surface area contributed by atoms with Crippen molar-refractivity contribution in [3.8, 4) is 5.75 Å². The summed E-state index contributed by atoms with van der Waals surface area (Å²) in [6.07, 6.45) is 0. The van der Waals surface area contributed by atoms with E-state index < -0.39 is 6.86 Å². The molecular formula is C7H6BFO. The Hall–Kier alpha value is -0.985. The Morgan fingerprint density at radius 3 is 2.90 bits per heavy atom. The summed E-state index contributed by atoms with van der Waals surface area (Å²) in [7, 11) is 5.39. The molecule has 10 heavy (non-hydrogen) atoms. The monoisotopic (exact) mass is 136 g/mol. The number of hydrogen-bond acceptors (Lipinski definition) is 1. The molecule has 50 valence electrons. The summed E-state index contributed by atoms with van der Waals surface area (Å²) in [6, 6.07) is 6.64. The molecule has 0 atom stereocenters. The van der Waals surface area contributed by atoms with Gasteiger partial charge in [0.1, 0.15) is 13.6 Å². The maximum atomic E-state index is 11.5. The smallest absolute Gasteiger partial charge is 0.228 e. The molecular weight excluding hydrogens is 130 g/mol. The maximum Gasteiger partial charge on any atom is 0.228 e. The molecule has 0 saturated heterocycles. The summed E-state index contributed by atoms with van der Waals surface area (Å²) in [5, 5.41) is 0. The van der Waals surface area contributed by atoms with E-state index in [4.69, 9.17) is 7.85 Å². The van der Waals surface area contributed by atoms with Crippen LogP contribution in [0, 0.1) is 0 Å². The van der Waals surface area contributed by atoms with E-state index in [2.05, 4.69) is 4.74 Å². The molecule has 0 bridgehead atoms. The second kappa shape index (κ2) is 3.25. The molecule has 0 aliphatic heterocycles. The van der Waals surface area contributed by atoms with Gasteiger partial charge in [0.05, 0.1) is 0 Å². The molecule has 1 aromatic rings. The van der Waals surface area contributed by atoms with Gasteiger partial charge in [-0.05, 0) is 12.1 Å². The van der Waals surface area contributed by atoms with Crippen LogP contribution >= 0.6 is 0 Å². The SMILES string of the molecule is [B]c1cccc(OCF)c1. The lowest BCUT2D eigenvalue weighted by atomic mass is 9.96. The van der Waals surface area contributed by atoms with Gasteiger partial charge in [0.15, 0.2) is 0 Å². The second-order valence-electron chi connectivity index (χ2n) is 1.83. The minimum atomic E-state index is -0.816. The zero-order chi connectivity index (χ0) is 7.40. The van der Waals surface area contributed by atoms with Crippen LogP contribution in [0.1, 0.15) is 0 Å². The molecule has 0 heterocycles. The topological polar surface area (TPSA) is 9.23 Å². The molecule has 0 unspecified atom stereocenters. The standard InChI is InChI=1S/C7H6BFO/c8-6-2-1-3-7(4-6)10-5-9/h1-4H,5H2. The zero-order valence-corrected chi connectivity index (χ0v) is 5.38. The molecule has 1 rings (SSSR count). The number of ether oxygens (including phenoxy) is 1. The van der Waals surface area contributed by atoms with Gasteiger partial charge in [-0.2, -0.15) is 0 Å². The predicted octanol–water partition coefficient (Wildman–Crippen LogP) is 0.786. The van der Waals surface area contributed by atoms with Crippen LogP contribution in [0.25, 0.3) is 0 Å². The summed E-state index contributed by atoms with van der Waals surface area (Å²) in [5.41, 5.74) is 0.575. The molecule has 0 aromatic heterocycles. The third-order valence-electron chi connectivity index (χ3n) is 1.08.